The fourth-order valence-electron chi connectivity index (χ4n) is 2.29. The van der Waals surface area contributed by atoms with E-state index in [1.54, 1.807) is 7.11 Å². The lowest BCUT2D eigenvalue weighted by atomic mass is 9.99. The van der Waals surface area contributed by atoms with Gasteiger partial charge in [-0.15, -0.1) is 0 Å². The summed E-state index contributed by atoms with van der Waals surface area (Å²) < 4.78 is 5.14. The number of piperidine rings is 1. The Hall–Kier alpha value is -1.29. The van der Waals surface area contributed by atoms with Crippen molar-refractivity contribution < 1.29 is 4.74 Å². The number of ether oxygens (including phenoxy) is 1. The first kappa shape index (κ1) is 12.2. The lowest BCUT2D eigenvalue weighted by Crippen LogP contribution is -2.37. The van der Waals surface area contributed by atoms with Crippen molar-refractivity contribution in [3.05, 3.63) is 18.2 Å². The summed E-state index contributed by atoms with van der Waals surface area (Å²) in [5, 5.41) is 3.44. The van der Waals surface area contributed by atoms with Crippen LogP contribution in [0.2, 0.25) is 0 Å². The molecule has 4 nitrogen and oxygen atoms in total. The van der Waals surface area contributed by atoms with Gasteiger partial charge >= 0.3 is 0 Å². The van der Waals surface area contributed by atoms with E-state index in [1.165, 1.54) is 12.8 Å². The summed E-state index contributed by atoms with van der Waals surface area (Å²) in [6.45, 7) is 3.33. The van der Waals surface area contributed by atoms with E-state index < -0.39 is 0 Å². The van der Waals surface area contributed by atoms with Crippen LogP contribution < -0.4 is 15.0 Å². The van der Waals surface area contributed by atoms with E-state index in [1.807, 2.05) is 18.2 Å². The highest BCUT2D eigenvalue weighted by molar-refractivity contribution is 5.39. The number of anilines is 1. The molecule has 0 radical (unpaired) electrons. The molecule has 0 bridgehead atoms. The largest absolute Gasteiger partial charge is 0.481 e. The van der Waals surface area contributed by atoms with Gasteiger partial charge in [0.1, 0.15) is 5.82 Å². The first-order valence-electron chi connectivity index (χ1n) is 6.22. The number of hydrogen-bond donors (Lipinski definition) is 1. The number of aromatic nitrogens is 1. The molecule has 2 heterocycles. The first-order valence-corrected chi connectivity index (χ1v) is 6.22. The highest BCUT2D eigenvalue weighted by Crippen LogP contribution is 2.17. The normalized spacial score (nSPS) is 20.0. The van der Waals surface area contributed by atoms with Crippen molar-refractivity contribution in [1.82, 2.24) is 10.3 Å². The zero-order valence-electron chi connectivity index (χ0n) is 10.6. The zero-order valence-corrected chi connectivity index (χ0v) is 10.6. The number of methoxy groups -OCH3 is 1. The summed E-state index contributed by atoms with van der Waals surface area (Å²) in [7, 11) is 3.74. The summed E-state index contributed by atoms with van der Waals surface area (Å²) in [5.74, 6) is 2.38. The summed E-state index contributed by atoms with van der Waals surface area (Å²) in [5.41, 5.74) is 0. The van der Waals surface area contributed by atoms with Crippen LogP contribution in [0.1, 0.15) is 12.8 Å². The molecule has 1 atom stereocenters. The topological polar surface area (TPSA) is 37.4 Å². The number of rotatable bonds is 4. The lowest BCUT2D eigenvalue weighted by molar-refractivity contribution is 0.378. The van der Waals surface area contributed by atoms with E-state index in [2.05, 4.69) is 22.2 Å². The Morgan fingerprint density at radius 1 is 1.53 bits per heavy atom. The Balaban J connectivity index is 1.95. The van der Waals surface area contributed by atoms with Gasteiger partial charge in [0.05, 0.1) is 7.11 Å². The second kappa shape index (κ2) is 5.87. The molecule has 1 N–H and O–H groups in total. The molecule has 0 aliphatic carbocycles. The fourth-order valence-corrected chi connectivity index (χ4v) is 2.29. The van der Waals surface area contributed by atoms with Crippen LogP contribution >= 0.6 is 0 Å². The number of hydrogen-bond acceptors (Lipinski definition) is 4. The van der Waals surface area contributed by atoms with Gasteiger partial charge in [0.15, 0.2) is 0 Å². The van der Waals surface area contributed by atoms with Crippen LogP contribution in [0.5, 0.6) is 5.88 Å². The molecule has 94 valence electrons. The van der Waals surface area contributed by atoms with Crippen molar-refractivity contribution in [2.24, 2.45) is 5.92 Å². The molecule has 1 aliphatic heterocycles. The number of nitrogens with one attached hydrogen (secondary N) is 1. The summed E-state index contributed by atoms with van der Waals surface area (Å²) in [4.78, 5) is 6.65. The van der Waals surface area contributed by atoms with Gasteiger partial charge < -0.3 is 15.0 Å². The molecule has 1 fully saturated rings. The van der Waals surface area contributed by atoms with Crippen LogP contribution in [0, 0.1) is 5.92 Å². The van der Waals surface area contributed by atoms with Crippen LogP contribution in [0.25, 0.3) is 0 Å². The predicted molar refractivity (Wildman–Crippen MR) is 69.7 cm³/mol. The second-order valence-corrected chi connectivity index (χ2v) is 4.63. The van der Waals surface area contributed by atoms with Crippen molar-refractivity contribution in [3.63, 3.8) is 0 Å². The van der Waals surface area contributed by atoms with Gasteiger partial charge in [-0.2, -0.15) is 4.98 Å². The second-order valence-electron chi connectivity index (χ2n) is 4.63. The molecule has 4 heteroatoms. The molecular weight excluding hydrogens is 214 g/mol. The van der Waals surface area contributed by atoms with Gasteiger partial charge in [-0.1, -0.05) is 6.07 Å². The van der Waals surface area contributed by atoms with Crippen LogP contribution in [-0.2, 0) is 0 Å². The van der Waals surface area contributed by atoms with E-state index in [-0.39, 0.29) is 0 Å². The molecule has 0 saturated carbocycles. The van der Waals surface area contributed by atoms with E-state index in [0.717, 1.165) is 31.4 Å². The number of nitrogens with zero attached hydrogens (tertiary/aromatic N) is 2. The molecule has 2 rings (SSSR count). The molecule has 1 aliphatic rings. The zero-order chi connectivity index (χ0) is 12.1. The predicted octanol–water partition coefficient (Wildman–Crippen LogP) is 1.53. The molecule has 1 unspecified atom stereocenters. The molecule has 1 saturated heterocycles. The minimum absolute atomic E-state index is 0.677. The molecule has 0 spiro atoms. The molecule has 1 aromatic heterocycles. The van der Waals surface area contributed by atoms with Crippen molar-refractivity contribution in [1.29, 1.82) is 0 Å². The van der Waals surface area contributed by atoms with Crippen molar-refractivity contribution in [2.75, 3.05) is 38.7 Å². The third-order valence-corrected chi connectivity index (χ3v) is 3.24. The molecule has 1 aromatic rings. The Morgan fingerprint density at radius 3 is 3.12 bits per heavy atom. The van der Waals surface area contributed by atoms with Gasteiger partial charge in [-0.3, -0.25) is 0 Å². The van der Waals surface area contributed by atoms with Crippen LogP contribution in [0.4, 0.5) is 5.82 Å². The monoisotopic (exact) mass is 235 g/mol. The molecular formula is C13H21N3O. The van der Waals surface area contributed by atoms with Crippen LogP contribution in [0.15, 0.2) is 18.2 Å². The third-order valence-electron chi connectivity index (χ3n) is 3.24. The SMILES string of the molecule is COc1cccc(N(C)CC2CCCNC2)n1. The number of pyridine rings is 1. The smallest absolute Gasteiger partial charge is 0.214 e. The van der Waals surface area contributed by atoms with Crippen molar-refractivity contribution in [2.45, 2.75) is 12.8 Å². The van der Waals surface area contributed by atoms with Gasteiger partial charge in [0.25, 0.3) is 0 Å². The van der Waals surface area contributed by atoms with Crippen LogP contribution in [0.3, 0.4) is 0 Å². The standard InChI is InChI=1S/C13H21N3O/c1-16(10-11-5-4-8-14-9-11)12-6-3-7-13(15-12)17-2/h3,6-7,11,14H,4-5,8-10H2,1-2H3. The minimum atomic E-state index is 0.677. The first-order chi connectivity index (χ1) is 8.29. The van der Waals surface area contributed by atoms with Gasteiger partial charge in [0.2, 0.25) is 5.88 Å². The van der Waals surface area contributed by atoms with Crippen molar-refractivity contribution >= 4 is 5.82 Å². The quantitative estimate of drug-likeness (QED) is 0.858. The highest BCUT2D eigenvalue weighted by atomic mass is 16.5. The summed E-state index contributed by atoms with van der Waals surface area (Å²) >= 11 is 0. The third kappa shape index (κ3) is 3.33. The van der Waals surface area contributed by atoms with Gasteiger partial charge in [-0.25, -0.2) is 0 Å². The van der Waals surface area contributed by atoms with Gasteiger partial charge in [0, 0.05) is 19.7 Å². The van der Waals surface area contributed by atoms with Crippen LogP contribution in [-0.4, -0.2) is 38.8 Å². The Bertz CT molecular complexity index is 350. The lowest BCUT2D eigenvalue weighted by Gasteiger charge is -2.28. The van der Waals surface area contributed by atoms with E-state index in [9.17, 15) is 0 Å². The summed E-state index contributed by atoms with van der Waals surface area (Å²) in [6, 6.07) is 5.88. The van der Waals surface area contributed by atoms with E-state index >= 15 is 0 Å². The minimum Gasteiger partial charge on any atom is -0.481 e. The maximum absolute atomic E-state index is 5.14. The average molecular weight is 235 g/mol. The van der Waals surface area contributed by atoms with E-state index in [4.69, 9.17) is 4.74 Å². The highest BCUT2D eigenvalue weighted by Gasteiger charge is 2.15. The maximum Gasteiger partial charge on any atom is 0.214 e. The van der Waals surface area contributed by atoms with Crippen molar-refractivity contribution in [3.8, 4) is 5.88 Å². The Kier molecular flexibility index (Phi) is 4.20. The molecule has 0 aromatic carbocycles. The Labute approximate surface area is 103 Å². The Morgan fingerprint density at radius 2 is 2.41 bits per heavy atom. The fraction of sp³-hybridized carbons (Fsp3) is 0.615. The van der Waals surface area contributed by atoms with Gasteiger partial charge in [-0.05, 0) is 37.9 Å². The van der Waals surface area contributed by atoms with E-state index in [0.29, 0.717) is 5.88 Å². The summed E-state index contributed by atoms with van der Waals surface area (Å²) in [6.07, 6.45) is 2.59. The average Bonchev–Trinajstić information content (AvgIpc) is 2.40. The molecule has 0 amide bonds. The maximum atomic E-state index is 5.14. The molecule has 17 heavy (non-hydrogen) atoms.